The summed E-state index contributed by atoms with van der Waals surface area (Å²) >= 11 is 0.934. The minimum Gasteiger partial charge on any atom is -0.412 e. The molecule has 0 bridgehead atoms. The third-order valence-electron chi connectivity index (χ3n) is 3.47. The Labute approximate surface area is 167 Å². The quantitative estimate of drug-likeness (QED) is 0.513. The van der Waals surface area contributed by atoms with Crippen molar-refractivity contribution in [2.75, 3.05) is 10.6 Å². The van der Waals surface area contributed by atoms with E-state index in [1.807, 2.05) is 0 Å². The molecule has 0 aliphatic rings. The van der Waals surface area contributed by atoms with Crippen LogP contribution in [-0.2, 0) is 29.3 Å². The predicted molar refractivity (Wildman–Crippen MR) is 98.9 cm³/mol. The van der Waals surface area contributed by atoms with Crippen LogP contribution in [0.2, 0.25) is 0 Å². The number of nitrogens with zero attached hydrogens (tertiary/aromatic N) is 6. The molecule has 3 rings (SSSR count). The van der Waals surface area contributed by atoms with Crippen molar-refractivity contribution in [3.05, 3.63) is 41.1 Å². The molecule has 0 aliphatic heterocycles. The second-order valence-corrected chi connectivity index (χ2v) is 8.75. The number of hydrogen-bond acceptors (Lipinski definition) is 9. The molecule has 0 amide bonds. The number of anilines is 1. The summed E-state index contributed by atoms with van der Waals surface area (Å²) < 4.78 is 68.0. The molecule has 154 valence electrons. The molecule has 3 aromatic rings. The molecule has 3 aromatic heterocycles. The summed E-state index contributed by atoms with van der Waals surface area (Å²) in [7, 11) is -3.70. The highest BCUT2D eigenvalue weighted by Gasteiger charge is 2.38. The predicted octanol–water partition coefficient (Wildman–Crippen LogP) is 2.77. The summed E-state index contributed by atoms with van der Waals surface area (Å²) in [6, 6.07) is 1.60. The molecule has 0 aromatic carbocycles. The van der Waals surface area contributed by atoms with Gasteiger partial charge in [-0.3, -0.25) is 14.3 Å². The van der Waals surface area contributed by atoms with Crippen LogP contribution in [0.1, 0.15) is 16.5 Å². The first kappa shape index (κ1) is 20.9. The molecule has 0 fully saturated rings. The van der Waals surface area contributed by atoms with E-state index in [-0.39, 0.29) is 23.9 Å². The fourth-order valence-corrected chi connectivity index (χ4v) is 4.02. The van der Waals surface area contributed by atoms with E-state index >= 15 is 0 Å². The zero-order valence-corrected chi connectivity index (χ0v) is 16.4. The van der Waals surface area contributed by atoms with Crippen LogP contribution >= 0.6 is 11.3 Å². The van der Waals surface area contributed by atoms with Crippen molar-refractivity contribution in [3.63, 3.8) is 0 Å². The van der Waals surface area contributed by atoms with Gasteiger partial charge in [0.15, 0.2) is 0 Å². The third kappa shape index (κ3) is 4.95. The number of thiazole rings is 1. The molecule has 3 heterocycles. The Morgan fingerprint density at radius 1 is 1.28 bits per heavy atom. The maximum atomic E-state index is 12.6. The van der Waals surface area contributed by atoms with Crippen LogP contribution in [0.3, 0.4) is 0 Å². The standard InChI is InChI=1S/C15H13F3N6O3S2/c1-19-4-9-3-10(6-20-5-9)24(29(2,25)26)8-12-21-7-11(28-12)13-22-23-14(27-13)15(16,17)18/h3,5-7H,1,4,8H2,2H3. The van der Waals surface area contributed by atoms with Gasteiger partial charge >= 0.3 is 12.1 Å². The Bertz CT molecular complexity index is 1130. The molecule has 0 saturated heterocycles. The molecular weight excluding hydrogens is 433 g/mol. The van der Waals surface area contributed by atoms with E-state index in [0.717, 1.165) is 21.9 Å². The first-order valence-electron chi connectivity index (χ1n) is 7.78. The van der Waals surface area contributed by atoms with E-state index in [0.29, 0.717) is 16.3 Å². The van der Waals surface area contributed by atoms with Crippen molar-refractivity contribution >= 4 is 33.8 Å². The molecule has 0 N–H and O–H groups in total. The lowest BCUT2D eigenvalue weighted by atomic mass is 10.2. The molecule has 0 spiro atoms. The Morgan fingerprint density at radius 3 is 2.66 bits per heavy atom. The maximum Gasteiger partial charge on any atom is 0.470 e. The number of pyridine rings is 1. The summed E-state index contributed by atoms with van der Waals surface area (Å²) in [5, 5.41) is 6.63. The van der Waals surface area contributed by atoms with Crippen LogP contribution in [0.5, 0.6) is 0 Å². The Hall–Kier alpha value is -2.87. The number of aliphatic imine (C=N–C) groups is 1. The lowest BCUT2D eigenvalue weighted by Crippen LogP contribution is -2.29. The van der Waals surface area contributed by atoms with Gasteiger partial charge in [0.1, 0.15) is 9.88 Å². The normalized spacial score (nSPS) is 12.1. The van der Waals surface area contributed by atoms with Gasteiger partial charge in [-0.25, -0.2) is 13.4 Å². The number of halogens is 3. The van der Waals surface area contributed by atoms with Crippen molar-refractivity contribution in [3.8, 4) is 10.8 Å². The molecule has 0 atom stereocenters. The molecule has 9 nitrogen and oxygen atoms in total. The number of alkyl halides is 3. The Balaban J connectivity index is 1.88. The third-order valence-corrected chi connectivity index (χ3v) is 5.58. The van der Waals surface area contributed by atoms with E-state index in [1.165, 1.54) is 18.6 Å². The van der Waals surface area contributed by atoms with Crippen molar-refractivity contribution in [2.45, 2.75) is 19.3 Å². The zero-order valence-electron chi connectivity index (χ0n) is 14.8. The van der Waals surface area contributed by atoms with Gasteiger partial charge in [0, 0.05) is 6.20 Å². The number of aromatic nitrogens is 4. The van der Waals surface area contributed by atoms with Gasteiger partial charge in [-0.15, -0.1) is 21.5 Å². The summed E-state index contributed by atoms with van der Waals surface area (Å²) in [5.74, 6) is -1.83. The Kier molecular flexibility index (Phi) is 5.66. The highest BCUT2D eigenvalue weighted by atomic mass is 32.2. The van der Waals surface area contributed by atoms with Gasteiger partial charge < -0.3 is 4.42 Å². The zero-order chi connectivity index (χ0) is 21.2. The number of rotatable bonds is 7. The maximum absolute atomic E-state index is 12.6. The molecular formula is C15H13F3N6O3S2. The highest BCUT2D eigenvalue weighted by Crippen LogP contribution is 2.32. The molecule has 0 radical (unpaired) electrons. The van der Waals surface area contributed by atoms with E-state index < -0.39 is 22.1 Å². The summed E-state index contributed by atoms with van der Waals surface area (Å²) in [6.07, 6.45) is 0.409. The van der Waals surface area contributed by atoms with Gasteiger partial charge in [0.2, 0.25) is 10.0 Å². The second kappa shape index (κ2) is 7.87. The fraction of sp³-hybridized carbons (Fsp3) is 0.267. The van der Waals surface area contributed by atoms with Crippen LogP contribution in [0, 0.1) is 0 Å². The molecule has 0 saturated carbocycles. The van der Waals surface area contributed by atoms with Gasteiger partial charge in [-0.05, 0) is 18.3 Å². The second-order valence-electron chi connectivity index (χ2n) is 5.73. The average molecular weight is 446 g/mol. The van der Waals surface area contributed by atoms with Crippen LogP contribution in [0.25, 0.3) is 10.8 Å². The summed E-state index contributed by atoms with van der Waals surface area (Å²) in [6.45, 7) is 3.49. The number of hydrogen-bond donors (Lipinski definition) is 0. The molecule has 0 aliphatic carbocycles. The van der Waals surface area contributed by atoms with Gasteiger partial charge in [0.05, 0.1) is 37.4 Å². The summed E-state index contributed by atoms with van der Waals surface area (Å²) in [4.78, 5) is 12.0. The highest BCUT2D eigenvalue weighted by molar-refractivity contribution is 7.92. The smallest absolute Gasteiger partial charge is 0.412 e. The van der Waals surface area contributed by atoms with Crippen LogP contribution < -0.4 is 4.31 Å². The van der Waals surface area contributed by atoms with E-state index in [1.54, 1.807) is 6.07 Å². The molecule has 0 unspecified atom stereocenters. The van der Waals surface area contributed by atoms with E-state index in [9.17, 15) is 21.6 Å². The van der Waals surface area contributed by atoms with Crippen molar-refractivity contribution in [1.29, 1.82) is 0 Å². The van der Waals surface area contributed by atoms with Crippen LogP contribution in [0.4, 0.5) is 18.9 Å². The lowest BCUT2D eigenvalue weighted by molar-refractivity contribution is -0.156. The summed E-state index contributed by atoms with van der Waals surface area (Å²) in [5.41, 5.74) is 0.957. The lowest BCUT2D eigenvalue weighted by Gasteiger charge is -2.21. The Morgan fingerprint density at radius 2 is 2.03 bits per heavy atom. The molecule has 14 heteroatoms. The average Bonchev–Trinajstić information content (AvgIpc) is 3.28. The topological polar surface area (TPSA) is 114 Å². The van der Waals surface area contributed by atoms with Crippen molar-refractivity contribution in [2.24, 2.45) is 4.99 Å². The van der Waals surface area contributed by atoms with Crippen molar-refractivity contribution < 1.29 is 26.0 Å². The van der Waals surface area contributed by atoms with Crippen LogP contribution in [0.15, 0.2) is 34.1 Å². The fourth-order valence-electron chi connectivity index (χ4n) is 2.27. The van der Waals surface area contributed by atoms with Gasteiger partial charge in [0.25, 0.3) is 5.89 Å². The largest absolute Gasteiger partial charge is 0.470 e. The van der Waals surface area contributed by atoms with Gasteiger partial charge in [-0.2, -0.15) is 13.2 Å². The first-order valence-corrected chi connectivity index (χ1v) is 10.4. The van der Waals surface area contributed by atoms with Gasteiger partial charge in [-0.1, -0.05) is 0 Å². The van der Waals surface area contributed by atoms with Crippen molar-refractivity contribution in [1.82, 2.24) is 20.2 Å². The minimum absolute atomic E-state index is 0.156. The van der Waals surface area contributed by atoms with Crippen LogP contribution in [-0.4, -0.2) is 41.6 Å². The van der Waals surface area contributed by atoms with E-state index in [2.05, 4.69) is 36.3 Å². The number of sulfonamides is 1. The first-order chi connectivity index (χ1) is 13.6. The van der Waals surface area contributed by atoms with E-state index in [4.69, 9.17) is 0 Å². The molecule has 29 heavy (non-hydrogen) atoms. The minimum atomic E-state index is -4.76. The SMILES string of the molecule is C=NCc1cncc(N(Cc2ncc(-c3nnc(C(F)(F)F)o3)s2)S(C)(=O)=O)c1. The monoisotopic (exact) mass is 446 g/mol.